The van der Waals surface area contributed by atoms with Crippen LogP contribution in [0, 0.1) is 0 Å². The summed E-state index contributed by atoms with van der Waals surface area (Å²) in [6.45, 7) is 0. The van der Waals surface area contributed by atoms with Crippen LogP contribution in [0.3, 0.4) is 0 Å². The van der Waals surface area contributed by atoms with Gasteiger partial charge in [0.2, 0.25) is 10.0 Å². The zero-order chi connectivity index (χ0) is 18.9. The molecule has 0 saturated carbocycles. The van der Waals surface area contributed by atoms with Crippen LogP contribution in [0.1, 0.15) is 15.9 Å². The number of allylic oxidation sites excluding steroid dienone is 1. The molecule has 4 N–H and O–H groups in total. The van der Waals surface area contributed by atoms with E-state index in [1.54, 1.807) is 30.3 Å². The zero-order valence-corrected chi connectivity index (χ0v) is 14.3. The van der Waals surface area contributed by atoms with Crippen LogP contribution in [0.4, 0.5) is 0 Å². The molecule has 6 nitrogen and oxygen atoms in total. The Morgan fingerprint density at radius 2 is 1.69 bits per heavy atom. The second-order valence-corrected chi connectivity index (χ2v) is 7.15. The smallest absolute Gasteiger partial charge is 0.239 e. The van der Waals surface area contributed by atoms with E-state index in [2.05, 4.69) is 0 Å². The summed E-state index contributed by atoms with van der Waals surface area (Å²) in [7, 11) is -4.13. The highest BCUT2D eigenvalue weighted by molar-refractivity contribution is 7.89. The van der Waals surface area contributed by atoms with Crippen LogP contribution in [0.2, 0.25) is 0 Å². The largest absolute Gasteiger partial charge is 0.504 e. The number of aromatic hydroxyl groups is 2. The molecule has 3 aromatic carbocycles. The van der Waals surface area contributed by atoms with E-state index in [9.17, 15) is 23.4 Å². The fourth-order valence-corrected chi connectivity index (χ4v) is 3.62. The molecule has 0 bridgehead atoms. The summed E-state index contributed by atoms with van der Waals surface area (Å²) in [5.74, 6) is -1.15. The van der Waals surface area contributed by atoms with Crippen molar-refractivity contribution < 1.29 is 23.4 Å². The molecule has 0 spiro atoms. The van der Waals surface area contributed by atoms with Crippen molar-refractivity contribution in [2.45, 2.75) is 4.90 Å². The second kappa shape index (κ2) is 6.62. The molecule has 132 valence electrons. The Morgan fingerprint density at radius 1 is 0.962 bits per heavy atom. The lowest BCUT2D eigenvalue weighted by atomic mass is 10.0. The van der Waals surface area contributed by atoms with E-state index in [1.165, 1.54) is 36.4 Å². The summed E-state index contributed by atoms with van der Waals surface area (Å²) in [6.07, 6.45) is 2.59. The average molecular weight is 369 g/mol. The van der Waals surface area contributed by atoms with Gasteiger partial charge in [-0.05, 0) is 35.2 Å². The lowest BCUT2D eigenvalue weighted by molar-refractivity contribution is 0.104. The molecule has 0 atom stereocenters. The minimum absolute atomic E-state index is 0.0366. The number of carbonyl (C=O) groups is 1. The zero-order valence-electron chi connectivity index (χ0n) is 13.5. The molecule has 0 aliphatic carbocycles. The van der Waals surface area contributed by atoms with E-state index in [4.69, 9.17) is 5.14 Å². The maximum atomic E-state index is 12.6. The summed E-state index contributed by atoms with van der Waals surface area (Å²) < 4.78 is 24.1. The molecule has 3 aromatic rings. The SMILES string of the molecule is NS(=O)(=O)c1c(C(=O)C=Cc2ccc(O)c(O)c2)ccc2ccccc12. The van der Waals surface area contributed by atoms with Crippen molar-refractivity contribution in [1.29, 1.82) is 0 Å². The highest BCUT2D eigenvalue weighted by Gasteiger charge is 2.21. The first-order chi connectivity index (χ1) is 12.3. The van der Waals surface area contributed by atoms with Crippen LogP contribution < -0.4 is 5.14 Å². The normalized spacial score (nSPS) is 11.9. The standard InChI is InChI=1S/C19H15NO5S/c20-26(24,25)19-14-4-2-1-3-13(14)7-8-15(19)16(21)9-5-12-6-10-17(22)18(23)11-12/h1-11,22-23H,(H2,20,24,25). The molecule has 0 radical (unpaired) electrons. The Labute approximate surface area is 149 Å². The van der Waals surface area contributed by atoms with Crippen LogP contribution in [0.5, 0.6) is 11.5 Å². The van der Waals surface area contributed by atoms with Gasteiger partial charge in [0.25, 0.3) is 0 Å². The van der Waals surface area contributed by atoms with E-state index in [0.29, 0.717) is 16.3 Å². The van der Waals surface area contributed by atoms with Gasteiger partial charge in [0, 0.05) is 10.9 Å². The maximum absolute atomic E-state index is 12.6. The third kappa shape index (κ3) is 3.44. The van der Waals surface area contributed by atoms with Gasteiger partial charge in [-0.3, -0.25) is 4.79 Å². The van der Waals surface area contributed by atoms with Gasteiger partial charge < -0.3 is 10.2 Å². The van der Waals surface area contributed by atoms with Gasteiger partial charge in [0.15, 0.2) is 17.3 Å². The monoisotopic (exact) mass is 369 g/mol. The van der Waals surface area contributed by atoms with Gasteiger partial charge >= 0.3 is 0 Å². The van der Waals surface area contributed by atoms with Crippen LogP contribution in [0.15, 0.2) is 65.6 Å². The van der Waals surface area contributed by atoms with Crippen LogP contribution in [-0.4, -0.2) is 24.4 Å². The number of hydrogen-bond acceptors (Lipinski definition) is 5. The minimum Gasteiger partial charge on any atom is -0.504 e. The molecule has 0 amide bonds. The Morgan fingerprint density at radius 3 is 2.38 bits per heavy atom. The van der Waals surface area contributed by atoms with Crippen molar-refractivity contribution in [3.63, 3.8) is 0 Å². The van der Waals surface area contributed by atoms with Crippen molar-refractivity contribution in [3.8, 4) is 11.5 Å². The number of rotatable bonds is 4. The molecule has 0 aliphatic heterocycles. The number of fused-ring (bicyclic) bond motifs is 1. The van der Waals surface area contributed by atoms with Gasteiger partial charge in [0.1, 0.15) is 4.90 Å². The summed E-state index contributed by atoms with van der Waals surface area (Å²) >= 11 is 0. The quantitative estimate of drug-likeness (QED) is 0.371. The number of nitrogens with two attached hydrogens (primary N) is 1. The lowest BCUT2D eigenvalue weighted by Gasteiger charge is -2.09. The van der Waals surface area contributed by atoms with Gasteiger partial charge in [-0.25, -0.2) is 13.6 Å². The number of primary sulfonamides is 1. The molecule has 0 saturated heterocycles. The molecule has 3 rings (SSSR count). The van der Waals surface area contributed by atoms with Gasteiger partial charge in [-0.15, -0.1) is 0 Å². The highest BCUT2D eigenvalue weighted by atomic mass is 32.2. The Bertz CT molecular complexity index is 1150. The first kappa shape index (κ1) is 17.7. The van der Waals surface area contributed by atoms with Crippen LogP contribution in [0.25, 0.3) is 16.8 Å². The van der Waals surface area contributed by atoms with Crippen LogP contribution >= 0.6 is 0 Å². The maximum Gasteiger partial charge on any atom is 0.239 e. The first-order valence-corrected chi connectivity index (χ1v) is 9.11. The predicted octanol–water partition coefficient (Wildman–Crippen LogP) is 2.79. The number of phenolic OH excluding ortho intramolecular Hbond substituents is 2. The fourth-order valence-electron chi connectivity index (χ4n) is 2.65. The number of sulfonamides is 1. The van der Waals surface area contributed by atoms with Crippen LogP contribution in [-0.2, 0) is 10.0 Å². The van der Waals surface area contributed by atoms with Crippen molar-refractivity contribution in [2.24, 2.45) is 5.14 Å². The molecule has 0 unspecified atom stereocenters. The van der Waals surface area contributed by atoms with Crippen molar-refractivity contribution in [3.05, 3.63) is 71.8 Å². The number of hydrogen-bond donors (Lipinski definition) is 3. The molecule has 26 heavy (non-hydrogen) atoms. The summed E-state index contributed by atoms with van der Waals surface area (Å²) in [4.78, 5) is 12.3. The number of ketones is 1. The fraction of sp³-hybridized carbons (Fsp3) is 0. The number of benzene rings is 3. The number of carbonyl (C=O) groups excluding carboxylic acids is 1. The molecule has 0 aliphatic rings. The van der Waals surface area contributed by atoms with E-state index in [-0.39, 0.29) is 22.0 Å². The topological polar surface area (TPSA) is 118 Å². The van der Waals surface area contributed by atoms with E-state index in [0.717, 1.165) is 0 Å². The molecule has 0 heterocycles. The highest BCUT2D eigenvalue weighted by Crippen LogP contribution is 2.28. The molecule has 7 heteroatoms. The third-order valence-corrected chi connectivity index (χ3v) is 4.87. The van der Waals surface area contributed by atoms with E-state index >= 15 is 0 Å². The summed E-state index contributed by atoms with van der Waals surface area (Å²) in [6, 6.07) is 13.9. The minimum atomic E-state index is -4.13. The Hall–Kier alpha value is -3.16. The molecular formula is C19H15NO5S. The molecule has 0 fully saturated rings. The van der Waals surface area contributed by atoms with Gasteiger partial charge in [-0.2, -0.15) is 0 Å². The number of phenols is 2. The first-order valence-electron chi connectivity index (χ1n) is 7.56. The molecule has 0 aromatic heterocycles. The predicted molar refractivity (Wildman–Crippen MR) is 98.5 cm³/mol. The van der Waals surface area contributed by atoms with E-state index in [1.807, 2.05) is 0 Å². The van der Waals surface area contributed by atoms with Crippen molar-refractivity contribution in [2.75, 3.05) is 0 Å². The van der Waals surface area contributed by atoms with Crippen molar-refractivity contribution in [1.82, 2.24) is 0 Å². The van der Waals surface area contributed by atoms with Crippen molar-refractivity contribution >= 4 is 32.7 Å². The third-order valence-electron chi connectivity index (χ3n) is 3.86. The summed E-state index contributed by atoms with van der Waals surface area (Å²) in [5.41, 5.74) is 0.428. The van der Waals surface area contributed by atoms with Gasteiger partial charge in [-0.1, -0.05) is 42.5 Å². The van der Waals surface area contributed by atoms with E-state index < -0.39 is 15.8 Å². The summed E-state index contributed by atoms with van der Waals surface area (Å²) in [5, 5.41) is 25.2. The average Bonchev–Trinajstić information content (AvgIpc) is 2.60. The second-order valence-electron chi connectivity index (χ2n) is 5.65. The Balaban J connectivity index is 2.08. The Kier molecular flexibility index (Phi) is 4.50. The van der Waals surface area contributed by atoms with Gasteiger partial charge in [0.05, 0.1) is 0 Å². The molecular weight excluding hydrogens is 354 g/mol. The lowest BCUT2D eigenvalue weighted by Crippen LogP contribution is -2.16.